The summed E-state index contributed by atoms with van der Waals surface area (Å²) in [5.41, 5.74) is 0.679. The lowest BCUT2D eigenvalue weighted by Gasteiger charge is -2.22. The first-order valence-corrected chi connectivity index (χ1v) is 9.32. The number of carbonyl (C=O) groups excluding carboxylic acids is 1. The Hall–Kier alpha value is -1.44. The average molecular weight is 340 g/mol. The SMILES string of the molecule is COC(=O)c1cccc(S(=O)(=O)NCCC2CCCNC2)c1C. The van der Waals surface area contributed by atoms with E-state index in [-0.39, 0.29) is 10.5 Å². The summed E-state index contributed by atoms with van der Waals surface area (Å²) in [7, 11) is -2.36. The first kappa shape index (κ1) is 17.9. The summed E-state index contributed by atoms with van der Waals surface area (Å²) in [5.74, 6) is -0.0261. The number of sulfonamides is 1. The van der Waals surface area contributed by atoms with Crippen molar-refractivity contribution in [3.05, 3.63) is 29.3 Å². The van der Waals surface area contributed by atoms with Gasteiger partial charge in [-0.2, -0.15) is 0 Å². The zero-order valence-corrected chi connectivity index (χ0v) is 14.4. The monoisotopic (exact) mass is 340 g/mol. The molecule has 0 saturated carbocycles. The van der Waals surface area contributed by atoms with Crippen LogP contribution in [0.5, 0.6) is 0 Å². The number of ether oxygens (including phenoxy) is 1. The highest BCUT2D eigenvalue weighted by Gasteiger charge is 2.21. The Morgan fingerprint density at radius 1 is 1.43 bits per heavy atom. The molecule has 1 aromatic rings. The Bertz CT molecular complexity index is 652. The fraction of sp³-hybridized carbons (Fsp3) is 0.562. The summed E-state index contributed by atoms with van der Waals surface area (Å²) in [6.45, 7) is 4.00. The van der Waals surface area contributed by atoms with Gasteiger partial charge in [0, 0.05) is 6.54 Å². The van der Waals surface area contributed by atoms with Crippen molar-refractivity contribution in [3.8, 4) is 0 Å². The van der Waals surface area contributed by atoms with Crippen molar-refractivity contribution in [2.24, 2.45) is 5.92 Å². The van der Waals surface area contributed by atoms with E-state index in [1.807, 2.05) is 0 Å². The van der Waals surface area contributed by atoms with E-state index < -0.39 is 16.0 Å². The molecule has 1 aliphatic heterocycles. The van der Waals surface area contributed by atoms with Gasteiger partial charge in [-0.3, -0.25) is 0 Å². The van der Waals surface area contributed by atoms with Crippen LogP contribution in [0.3, 0.4) is 0 Å². The van der Waals surface area contributed by atoms with Crippen LogP contribution in [-0.2, 0) is 14.8 Å². The molecule has 2 N–H and O–H groups in total. The van der Waals surface area contributed by atoms with Crippen LogP contribution in [0.2, 0.25) is 0 Å². The largest absolute Gasteiger partial charge is 0.465 e. The number of esters is 1. The number of benzene rings is 1. The maximum Gasteiger partial charge on any atom is 0.338 e. The minimum Gasteiger partial charge on any atom is -0.465 e. The van der Waals surface area contributed by atoms with Crippen molar-refractivity contribution in [2.75, 3.05) is 26.7 Å². The maximum absolute atomic E-state index is 12.5. The third kappa shape index (κ3) is 4.53. The van der Waals surface area contributed by atoms with Crippen LogP contribution in [0.4, 0.5) is 0 Å². The van der Waals surface area contributed by atoms with Crippen LogP contribution in [0.1, 0.15) is 35.2 Å². The molecule has 0 bridgehead atoms. The summed E-state index contributed by atoms with van der Waals surface area (Å²) < 4.78 is 32.3. The quantitative estimate of drug-likeness (QED) is 0.766. The number of rotatable bonds is 6. The van der Waals surface area contributed by atoms with Crippen LogP contribution in [0, 0.1) is 12.8 Å². The summed E-state index contributed by atoms with van der Waals surface area (Å²) in [6, 6.07) is 4.62. The first-order chi connectivity index (χ1) is 11.0. The Balaban J connectivity index is 2.05. The molecule has 0 spiro atoms. The Labute approximate surface area is 137 Å². The first-order valence-electron chi connectivity index (χ1n) is 7.84. The molecule has 0 aromatic heterocycles. The molecule has 128 valence electrons. The number of methoxy groups -OCH3 is 1. The number of hydrogen-bond acceptors (Lipinski definition) is 5. The van der Waals surface area contributed by atoms with E-state index in [9.17, 15) is 13.2 Å². The average Bonchev–Trinajstić information content (AvgIpc) is 2.55. The zero-order valence-electron chi connectivity index (χ0n) is 13.6. The lowest BCUT2D eigenvalue weighted by atomic mass is 9.96. The van der Waals surface area contributed by atoms with E-state index in [1.54, 1.807) is 19.1 Å². The van der Waals surface area contributed by atoms with Crippen molar-refractivity contribution in [1.29, 1.82) is 0 Å². The van der Waals surface area contributed by atoms with Gasteiger partial charge in [-0.15, -0.1) is 0 Å². The van der Waals surface area contributed by atoms with Gasteiger partial charge in [-0.1, -0.05) is 6.07 Å². The van der Waals surface area contributed by atoms with Gasteiger partial charge in [-0.05, 0) is 62.9 Å². The summed E-state index contributed by atoms with van der Waals surface area (Å²) in [6.07, 6.45) is 3.07. The highest BCUT2D eigenvalue weighted by atomic mass is 32.2. The minimum atomic E-state index is -3.63. The second-order valence-corrected chi connectivity index (χ2v) is 7.55. The zero-order chi connectivity index (χ0) is 16.9. The molecule has 2 rings (SSSR count). The molecule has 1 heterocycles. The standard InChI is InChI=1S/C16H24N2O4S/c1-12-14(16(19)22-2)6-3-7-15(12)23(20,21)18-10-8-13-5-4-9-17-11-13/h3,6-7,13,17-18H,4-5,8-11H2,1-2H3. The topological polar surface area (TPSA) is 84.5 Å². The molecular formula is C16H24N2O4S. The van der Waals surface area contributed by atoms with E-state index in [0.29, 0.717) is 18.0 Å². The molecule has 1 unspecified atom stereocenters. The van der Waals surface area contributed by atoms with Gasteiger partial charge >= 0.3 is 5.97 Å². The minimum absolute atomic E-state index is 0.127. The van der Waals surface area contributed by atoms with Gasteiger partial charge in [0.15, 0.2) is 0 Å². The third-order valence-corrected chi connectivity index (χ3v) is 5.83. The molecule has 1 aliphatic rings. The molecule has 0 aliphatic carbocycles. The molecule has 1 atom stereocenters. The second-order valence-electron chi connectivity index (χ2n) is 5.82. The van der Waals surface area contributed by atoms with E-state index >= 15 is 0 Å². The second kappa shape index (κ2) is 7.90. The van der Waals surface area contributed by atoms with E-state index in [4.69, 9.17) is 0 Å². The summed E-state index contributed by atoms with van der Waals surface area (Å²) >= 11 is 0. The van der Waals surface area contributed by atoms with Crippen molar-refractivity contribution in [1.82, 2.24) is 10.0 Å². The summed E-state index contributed by atoms with van der Waals surface area (Å²) in [5, 5.41) is 3.32. The lowest BCUT2D eigenvalue weighted by molar-refractivity contribution is 0.0599. The van der Waals surface area contributed by atoms with Crippen LogP contribution < -0.4 is 10.0 Å². The van der Waals surface area contributed by atoms with Crippen LogP contribution in [0.15, 0.2) is 23.1 Å². The van der Waals surface area contributed by atoms with Gasteiger partial charge in [0.05, 0.1) is 17.6 Å². The Morgan fingerprint density at radius 3 is 2.87 bits per heavy atom. The summed E-state index contributed by atoms with van der Waals surface area (Å²) in [4.78, 5) is 11.8. The highest BCUT2D eigenvalue weighted by Crippen LogP contribution is 2.20. The van der Waals surface area contributed by atoms with Crippen molar-refractivity contribution < 1.29 is 17.9 Å². The van der Waals surface area contributed by atoms with Gasteiger partial charge in [0.25, 0.3) is 0 Å². The van der Waals surface area contributed by atoms with Crippen molar-refractivity contribution in [3.63, 3.8) is 0 Å². The van der Waals surface area contributed by atoms with Crippen LogP contribution in [-0.4, -0.2) is 41.1 Å². The molecule has 1 aromatic carbocycles. The molecule has 23 heavy (non-hydrogen) atoms. The fourth-order valence-corrected chi connectivity index (χ4v) is 4.20. The van der Waals surface area contributed by atoms with Gasteiger partial charge in [0.2, 0.25) is 10.0 Å². The molecule has 1 saturated heterocycles. The number of carbonyl (C=O) groups is 1. The number of hydrogen-bond donors (Lipinski definition) is 2. The number of piperidine rings is 1. The van der Waals surface area contributed by atoms with Crippen molar-refractivity contribution in [2.45, 2.75) is 31.1 Å². The molecule has 7 heteroatoms. The molecule has 1 fully saturated rings. The molecule has 6 nitrogen and oxygen atoms in total. The van der Waals surface area contributed by atoms with Gasteiger partial charge in [0.1, 0.15) is 0 Å². The predicted octanol–water partition coefficient (Wildman–Crippen LogP) is 1.45. The van der Waals surface area contributed by atoms with Gasteiger partial charge in [-0.25, -0.2) is 17.9 Å². The van der Waals surface area contributed by atoms with Crippen molar-refractivity contribution >= 4 is 16.0 Å². The van der Waals surface area contributed by atoms with E-state index in [2.05, 4.69) is 14.8 Å². The smallest absolute Gasteiger partial charge is 0.338 e. The Kier molecular flexibility index (Phi) is 6.15. The molecule has 0 amide bonds. The molecular weight excluding hydrogens is 316 g/mol. The lowest BCUT2D eigenvalue weighted by Crippen LogP contribution is -2.33. The third-order valence-electron chi connectivity index (χ3n) is 4.22. The maximum atomic E-state index is 12.5. The fourth-order valence-electron chi connectivity index (χ4n) is 2.88. The van der Waals surface area contributed by atoms with E-state index in [0.717, 1.165) is 32.4 Å². The van der Waals surface area contributed by atoms with Gasteiger partial charge < -0.3 is 10.1 Å². The van der Waals surface area contributed by atoms with Crippen LogP contribution in [0.25, 0.3) is 0 Å². The highest BCUT2D eigenvalue weighted by molar-refractivity contribution is 7.89. The Morgan fingerprint density at radius 2 is 2.22 bits per heavy atom. The van der Waals surface area contributed by atoms with E-state index in [1.165, 1.54) is 13.2 Å². The number of nitrogens with one attached hydrogen (secondary N) is 2. The normalized spacial score (nSPS) is 18.6. The predicted molar refractivity (Wildman–Crippen MR) is 87.9 cm³/mol. The molecule has 0 radical (unpaired) electrons. The van der Waals surface area contributed by atoms with Crippen LogP contribution >= 0.6 is 0 Å².